The smallest absolute Gasteiger partial charge is 0.319 e. The molecule has 3 fully saturated rings. The number of ether oxygens (including phenoxy) is 1. The molecule has 214 valence electrons. The predicted octanol–water partition coefficient (Wildman–Crippen LogP) is 4.93. The van der Waals surface area contributed by atoms with Crippen molar-refractivity contribution in [3.05, 3.63) is 63.7 Å². The standard InChI is InChI=1S/C32H40ClN3O4/c1-19-10-11-25(14-26(19)33)40-31(39)32(12-5-6-13-32)28(22(4)29(34)37)35-15-23-17-36(18-24(23)16-35)30(38)27-20(2)8-7-9-21(27)3/h7-11,14,22-24,28H,5-6,12-13,15-18H2,1-4H3,(H2,34,37). The molecule has 2 aromatic carbocycles. The first-order chi connectivity index (χ1) is 19.0. The largest absolute Gasteiger partial charge is 0.426 e. The highest BCUT2D eigenvalue weighted by atomic mass is 35.5. The van der Waals surface area contributed by atoms with Crippen LogP contribution < -0.4 is 10.5 Å². The van der Waals surface area contributed by atoms with Crippen LogP contribution in [-0.4, -0.2) is 59.8 Å². The van der Waals surface area contributed by atoms with E-state index in [1.54, 1.807) is 12.1 Å². The average Bonchev–Trinajstić information content (AvgIpc) is 3.62. The van der Waals surface area contributed by atoms with Gasteiger partial charge in [0.1, 0.15) is 5.75 Å². The van der Waals surface area contributed by atoms with Gasteiger partial charge in [0, 0.05) is 42.8 Å². The molecule has 2 saturated heterocycles. The Morgan fingerprint density at radius 3 is 2.10 bits per heavy atom. The maximum absolute atomic E-state index is 14.0. The van der Waals surface area contributed by atoms with E-state index in [1.165, 1.54) is 0 Å². The fourth-order valence-electron chi connectivity index (χ4n) is 7.50. The molecule has 2 amide bonds. The zero-order valence-electron chi connectivity index (χ0n) is 23.9. The van der Waals surface area contributed by atoms with Gasteiger partial charge in [-0.25, -0.2) is 0 Å². The molecule has 4 atom stereocenters. The average molecular weight is 566 g/mol. The number of hydrogen-bond donors (Lipinski definition) is 1. The summed E-state index contributed by atoms with van der Waals surface area (Å²) in [5.74, 6) is -0.193. The summed E-state index contributed by atoms with van der Waals surface area (Å²) in [5, 5.41) is 0.542. The Morgan fingerprint density at radius 2 is 1.55 bits per heavy atom. The van der Waals surface area contributed by atoms with Crippen molar-refractivity contribution in [2.45, 2.75) is 59.4 Å². The highest BCUT2D eigenvalue weighted by Gasteiger charge is 2.56. The van der Waals surface area contributed by atoms with Gasteiger partial charge in [0.05, 0.1) is 11.3 Å². The van der Waals surface area contributed by atoms with E-state index < -0.39 is 17.2 Å². The Bertz CT molecular complexity index is 1290. The number of amides is 2. The zero-order chi connectivity index (χ0) is 28.8. The molecule has 5 rings (SSSR count). The molecule has 1 aliphatic carbocycles. The summed E-state index contributed by atoms with van der Waals surface area (Å²) in [6.07, 6.45) is 3.09. The van der Waals surface area contributed by atoms with Crippen molar-refractivity contribution in [2.24, 2.45) is 28.9 Å². The van der Waals surface area contributed by atoms with Crippen molar-refractivity contribution in [2.75, 3.05) is 26.2 Å². The first-order valence-electron chi connectivity index (χ1n) is 14.4. The number of nitrogens with two attached hydrogens (primary N) is 1. The number of fused-ring (bicyclic) bond motifs is 1. The fourth-order valence-corrected chi connectivity index (χ4v) is 7.67. The maximum atomic E-state index is 14.0. The Kier molecular flexibility index (Phi) is 7.99. The Morgan fingerprint density at radius 1 is 0.950 bits per heavy atom. The number of nitrogens with zero attached hydrogens (tertiary/aromatic N) is 2. The van der Waals surface area contributed by atoms with Gasteiger partial charge in [0.15, 0.2) is 0 Å². The second kappa shape index (κ2) is 11.2. The van der Waals surface area contributed by atoms with Gasteiger partial charge in [-0.3, -0.25) is 19.3 Å². The SMILES string of the molecule is Cc1ccc(OC(=O)C2(C(C(C)C(N)=O)N3CC4CN(C(=O)c5c(C)cccc5C)CC4C3)CCCC2)cc1Cl. The molecule has 7 nitrogen and oxygen atoms in total. The lowest BCUT2D eigenvalue weighted by molar-refractivity contribution is -0.153. The van der Waals surface area contributed by atoms with Gasteiger partial charge in [0.2, 0.25) is 5.91 Å². The molecule has 4 unspecified atom stereocenters. The number of likely N-dealkylation sites (tertiary alicyclic amines) is 2. The Balaban J connectivity index is 1.37. The Labute approximate surface area is 242 Å². The number of carbonyl (C=O) groups is 3. The van der Waals surface area contributed by atoms with Gasteiger partial charge in [-0.2, -0.15) is 0 Å². The van der Waals surface area contributed by atoms with Crippen molar-refractivity contribution in [1.82, 2.24) is 9.80 Å². The molecule has 2 aromatic rings. The van der Waals surface area contributed by atoms with E-state index in [0.717, 1.165) is 48.2 Å². The van der Waals surface area contributed by atoms with Crippen LogP contribution in [0.5, 0.6) is 5.75 Å². The van der Waals surface area contributed by atoms with E-state index >= 15 is 0 Å². The number of hydrogen-bond acceptors (Lipinski definition) is 5. The van der Waals surface area contributed by atoms with Crippen molar-refractivity contribution in [3.63, 3.8) is 0 Å². The highest BCUT2D eigenvalue weighted by Crippen LogP contribution is 2.49. The van der Waals surface area contributed by atoms with Gasteiger partial charge in [0.25, 0.3) is 5.91 Å². The number of primary amides is 1. The number of halogens is 1. The molecule has 0 bridgehead atoms. The molecule has 0 aromatic heterocycles. The van der Waals surface area contributed by atoms with Crippen molar-refractivity contribution >= 4 is 29.4 Å². The molecule has 0 spiro atoms. The summed E-state index contributed by atoms with van der Waals surface area (Å²) < 4.78 is 5.97. The lowest BCUT2D eigenvalue weighted by Crippen LogP contribution is -2.57. The van der Waals surface area contributed by atoms with Crippen LogP contribution in [0.1, 0.15) is 59.7 Å². The lowest BCUT2D eigenvalue weighted by atomic mass is 9.72. The molecule has 40 heavy (non-hydrogen) atoms. The van der Waals surface area contributed by atoms with Crippen molar-refractivity contribution in [1.29, 1.82) is 0 Å². The normalized spacial score (nSPS) is 23.6. The second-order valence-corrected chi connectivity index (χ2v) is 12.7. The molecule has 3 aliphatic rings. The number of aryl methyl sites for hydroxylation is 3. The van der Waals surface area contributed by atoms with Crippen LogP contribution in [0.15, 0.2) is 36.4 Å². The van der Waals surface area contributed by atoms with E-state index in [1.807, 2.05) is 56.9 Å². The number of carbonyl (C=O) groups excluding carboxylic acids is 3. The second-order valence-electron chi connectivity index (χ2n) is 12.3. The minimum absolute atomic E-state index is 0.0891. The summed E-state index contributed by atoms with van der Waals surface area (Å²) in [4.78, 5) is 44.4. The molecule has 2 heterocycles. The monoisotopic (exact) mass is 565 g/mol. The molecule has 1 saturated carbocycles. The summed E-state index contributed by atoms with van der Waals surface area (Å²) in [7, 11) is 0. The van der Waals surface area contributed by atoms with Crippen molar-refractivity contribution < 1.29 is 19.1 Å². The topological polar surface area (TPSA) is 92.9 Å². The summed E-state index contributed by atoms with van der Waals surface area (Å²) >= 11 is 6.31. The molecule has 0 radical (unpaired) electrons. The molecule has 8 heteroatoms. The van der Waals surface area contributed by atoms with E-state index in [2.05, 4.69) is 4.90 Å². The van der Waals surface area contributed by atoms with E-state index in [0.29, 0.717) is 36.7 Å². The van der Waals surface area contributed by atoms with Gasteiger partial charge in [-0.15, -0.1) is 0 Å². The van der Waals surface area contributed by atoms with E-state index in [4.69, 9.17) is 22.1 Å². The lowest BCUT2D eigenvalue weighted by Gasteiger charge is -2.43. The van der Waals surface area contributed by atoms with Crippen LogP contribution in [0.3, 0.4) is 0 Å². The Hall–Kier alpha value is -2.90. The quantitative estimate of drug-likeness (QED) is 0.380. The molecular weight excluding hydrogens is 526 g/mol. The van der Waals surface area contributed by atoms with Crippen LogP contribution in [0, 0.1) is 43.9 Å². The maximum Gasteiger partial charge on any atom is 0.319 e. The summed E-state index contributed by atoms with van der Waals surface area (Å²) in [5.41, 5.74) is 8.76. The first-order valence-corrected chi connectivity index (χ1v) is 14.8. The van der Waals surface area contributed by atoms with Crippen LogP contribution >= 0.6 is 11.6 Å². The van der Waals surface area contributed by atoms with Crippen LogP contribution in [0.2, 0.25) is 5.02 Å². The van der Waals surface area contributed by atoms with Gasteiger partial charge in [-0.05, 0) is 74.3 Å². The molecular formula is C32H40ClN3O4. The fraction of sp³-hybridized carbons (Fsp3) is 0.531. The van der Waals surface area contributed by atoms with Gasteiger partial charge >= 0.3 is 5.97 Å². The number of esters is 1. The van der Waals surface area contributed by atoms with E-state index in [9.17, 15) is 14.4 Å². The minimum atomic E-state index is -0.835. The summed E-state index contributed by atoms with van der Waals surface area (Å²) in [6.45, 7) is 10.5. The summed E-state index contributed by atoms with van der Waals surface area (Å²) in [6, 6.07) is 10.9. The van der Waals surface area contributed by atoms with Gasteiger partial charge in [-0.1, -0.05) is 55.6 Å². The third-order valence-corrected chi connectivity index (χ3v) is 10.0. The number of benzene rings is 2. The third kappa shape index (κ3) is 5.14. The minimum Gasteiger partial charge on any atom is -0.426 e. The predicted molar refractivity (Wildman–Crippen MR) is 155 cm³/mol. The van der Waals surface area contributed by atoms with Crippen LogP contribution in [0.25, 0.3) is 0 Å². The highest BCUT2D eigenvalue weighted by molar-refractivity contribution is 6.31. The third-order valence-electron chi connectivity index (χ3n) is 9.63. The first kappa shape index (κ1) is 28.6. The van der Waals surface area contributed by atoms with E-state index in [-0.39, 0.29) is 29.8 Å². The molecule has 2 N–H and O–H groups in total. The zero-order valence-corrected chi connectivity index (χ0v) is 24.7. The van der Waals surface area contributed by atoms with Crippen molar-refractivity contribution in [3.8, 4) is 5.75 Å². The molecule has 2 aliphatic heterocycles. The number of rotatable bonds is 7. The van der Waals surface area contributed by atoms with Gasteiger partial charge < -0.3 is 15.4 Å². The van der Waals surface area contributed by atoms with Crippen LogP contribution in [0.4, 0.5) is 0 Å². The van der Waals surface area contributed by atoms with Crippen LogP contribution in [-0.2, 0) is 9.59 Å².